The summed E-state index contributed by atoms with van der Waals surface area (Å²) in [6.45, 7) is 3.64. The second kappa shape index (κ2) is 7.62. The summed E-state index contributed by atoms with van der Waals surface area (Å²) in [6, 6.07) is 3.69. The Labute approximate surface area is 148 Å². The van der Waals surface area contributed by atoms with E-state index in [0.29, 0.717) is 0 Å². The van der Waals surface area contributed by atoms with Crippen LogP contribution in [0, 0.1) is 5.92 Å². The SMILES string of the molecule is COC(CS(=O)(=O)Nc1nnc(-c2ccc(C(F)(F)F)cc2)o1)C(C)C. The van der Waals surface area contributed by atoms with E-state index in [1.807, 2.05) is 13.8 Å². The summed E-state index contributed by atoms with van der Waals surface area (Å²) < 4.78 is 74.4. The average molecular weight is 393 g/mol. The van der Waals surface area contributed by atoms with Crippen LogP contribution >= 0.6 is 0 Å². The van der Waals surface area contributed by atoms with Gasteiger partial charge >= 0.3 is 12.2 Å². The Morgan fingerprint density at radius 2 is 1.81 bits per heavy atom. The molecule has 0 aliphatic carbocycles. The first-order valence-electron chi connectivity index (χ1n) is 7.56. The van der Waals surface area contributed by atoms with Gasteiger partial charge in [0.2, 0.25) is 15.9 Å². The number of sulfonamides is 1. The van der Waals surface area contributed by atoms with Crippen molar-refractivity contribution in [2.75, 3.05) is 17.6 Å². The van der Waals surface area contributed by atoms with Crippen LogP contribution < -0.4 is 4.72 Å². The number of nitrogens with zero attached hydrogens (tertiary/aromatic N) is 2. The molecule has 2 rings (SSSR count). The summed E-state index contributed by atoms with van der Waals surface area (Å²) in [5.41, 5.74) is -0.589. The minimum Gasteiger partial charge on any atom is -0.403 e. The van der Waals surface area contributed by atoms with Crippen molar-refractivity contribution in [3.8, 4) is 11.5 Å². The van der Waals surface area contributed by atoms with E-state index in [4.69, 9.17) is 9.15 Å². The molecule has 0 fully saturated rings. The van der Waals surface area contributed by atoms with Gasteiger partial charge in [-0.2, -0.15) is 13.2 Å². The maximum Gasteiger partial charge on any atom is 0.416 e. The molecule has 26 heavy (non-hydrogen) atoms. The topological polar surface area (TPSA) is 94.3 Å². The second-order valence-electron chi connectivity index (χ2n) is 5.89. The number of halogens is 3. The predicted octanol–water partition coefficient (Wildman–Crippen LogP) is 3.17. The molecule has 1 aromatic carbocycles. The Kier molecular flexibility index (Phi) is 5.91. The highest BCUT2D eigenvalue weighted by Crippen LogP contribution is 2.31. The zero-order valence-corrected chi connectivity index (χ0v) is 15.1. The number of hydrogen-bond donors (Lipinski definition) is 1. The third-order valence-electron chi connectivity index (χ3n) is 3.56. The first-order valence-corrected chi connectivity index (χ1v) is 9.21. The average Bonchev–Trinajstić information content (AvgIpc) is 2.99. The van der Waals surface area contributed by atoms with Gasteiger partial charge in [-0.1, -0.05) is 18.9 Å². The minimum absolute atomic E-state index is 0.0260. The number of alkyl halides is 3. The molecule has 1 aromatic heterocycles. The molecule has 2 aromatic rings. The van der Waals surface area contributed by atoms with Crippen LogP contribution in [0.4, 0.5) is 19.2 Å². The zero-order chi connectivity index (χ0) is 19.5. The van der Waals surface area contributed by atoms with Gasteiger partial charge in [-0.25, -0.2) is 13.1 Å². The van der Waals surface area contributed by atoms with Gasteiger partial charge in [-0.15, -0.1) is 5.10 Å². The molecule has 7 nitrogen and oxygen atoms in total. The van der Waals surface area contributed by atoms with Crippen molar-refractivity contribution < 1.29 is 30.7 Å². The minimum atomic E-state index is -4.46. The maximum atomic E-state index is 12.6. The summed E-state index contributed by atoms with van der Waals surface area (Å²) in [7, 11) is -2.39. The van der Waals surface area contributed by atoms with Gasteiger partial charge in [-0.3, -0.25) is 0 Å². The van der Waals surface area contributed by atoms with Gasteiger partial charge in [0.15, 0.2) is 0 Å². The van der Waals surface area contributed by atoms with Gasteiger partial charge in [0.05, 0.1) is 17.4 Å². The highest BCUT2D eigenvalue weighted by atomic mass is 32.2. The van der Waals surface area contributed by atoms with Gasteiger partial charge in [0, 0.05) is 12.7 Å². The molecule has 0 radical (unpaired) electrons. The first-order chi connectivity index (χ1) is 12.0. The van der Waals surface area contributed by atoms with Gasteiger partial charge in [0.1, 0.15) is 0 Å². The number of methoxy groups -OCH3 is 1. The van der Waals surface area contributed by atoms with E-state index in [2.05, 4.69) is 14.9 Å². The van der Waals surface area contributed by atoms with E-state index in [1.165, 1.54) is 7.11 Å². The fraction of sp³-hybridized carbons (Fsp3) is 0.467. The lowest BCUT2D eigenvalue weighted by molar-refractivity contribution is -0.137. The molecule has 0 saturated heterocycles. The lowest BCUT2D eigenvalue weighted by Gasteiger charge is -2.18. The molecule has 0 saturated carbocycles. The zero-order valence-electron chi connectivity index (χ0n) is 14.2. The molecule has 0 amide bonds. The second-order valence-corrected chi connectivity index (χ2v) is 7.66. The largest absolute Gasteiger partial charge is 0.416 e. The Bertz CT molecular complexity index is 833. The lowest BCUT2D eigenvalue weighted by atomic mass is 10.1. The highest BCUT2D eigenvalue weighted by molar-refractivity contribution is 7.92. The number of anilines is 1. The molecule has 0 aliphatic rings. The highest BCUT2D eigenvalue weighted by Gasteiger charge is 2.30. The summed E-state index contributed by atoms with van der Waals surface area (Å²) in [4.78, 5) is 0. The number of benzene rings is 1. The van der Waals surface area contributed by atoms with Crippen LogP contribution in [0.25, 0.3) is 11.5 Å². The van der Waals surface area contributed by atoms with Crippen LogP contribution in [0.2, 0.25) is 0 Å². The fourth-order valence-corrected chi connectivity index (χ4v) is 3.49. The standard InChI is InChI=1S/C15H18F3N3O4S/c1-9(2)12(24-3)8-26(22,23)21-14-20-19-13(25-14)10-4-6-11(7-5-10)15(16,17)18/h4-7,9,12H,8H2,1-3H3,(H,20,21). The third-order valence-corrected chi connectivity index (χ3v) is 4.81. The Balaban J connectivity index is 2.12. The fourth-order valence-electron chi connectivity index (χ4n) is 2.11. The van der Waals surface area contributed by atoms with E-state index < -0.39 is 27.9 Å². The number of aromatic nitrogens is 2. The van der Waals surface area contributed by atoms with Crippen LogP contribution in [-0.2, 0) is 20.9 Å². The molecule has 0 aliphatic heterocycles. The van der Waals surface area contributed by atoms with Crippen LogP contribution in [0.5, 0.6) is 0 Å². The van der Waals surface area contributed by atoms with Crippen LogP contribution in [0.15, 0.2) is 28.7 Å². The maximum absolute atomic E-state index is 12.6. The number of ether oxygens (including phenoxy) is 1. The quantitative estimate of drug-likeness (QED) is 0.777. The van der Waals surface area contributed by atoms with Crippen molar-refractivity contribution in [3.05, 3.63) is 29.8 Å². The molecule has 1 atom stereocenters. The Morgan fingerprint density at radius 3 is 2.31 bits per heavy atom. The van der Waals surface area contributed by atoms with Crippen molar-refractivity contribution in [3.63, 3.8) is 0 Å². The molecule has 0 spiro atoms. The van der Waals surface area contributed by atoms with Crippen molar-refractivity contribution in [2.24, 2.45) is 5.92 Å². The van der Waals surface area contributed by atoms with Gasteiger partial charge in [0.25, 0.3) is 0 Å². The summed E-state index contributed by atoms with van der Waals surface area (Å²) in [6.07, 6.45) is -4.98. The van der Waals surface area contributed by atoms with Gasteiger partial charge < -0.3 is 9.15 Å². The predicted molar refractivity (Wildman–Crippen MR) is 87.8 cm³/mol. The first kappa shape index (κ1) is 20.2. The summed E-state index contributed by atoms with van der Waals surface area (Å²) in [5, 5.41) is 7.20. The molecule has 11 heteroatoms. The van der Waals surface area contributed by atoms with Crippen LogP contribution in [0.3, 0.4) is 0 Å². The summed E-state index contributed by atoms with van der Waals surface area (Å²) >= 11 is 0. The van der Waals surface area contributed by atoms with E-state index in [9.17, 15) is 21.6 Å². The van der Waals surface area contributed by atoms with Crippen molar-refractivity contribution in [1.82, 2.24) is 10.2 Å². The Hall–Kier alpha value is -2.14. The molecule has 1 heterocycles. The van der Waals surface area contributed by atoms with E-state index in [0.717, 1.165) is 24.3 Å². The van der Waals surface area contributed by atoms with Crippen molar-refractivity contribution in [2.45, 2.75) is 26.1 Å². The third kappa shape index (κ3) is 5.18. The molecular weight excluding hydrogens is 375 g/mol. The van der Waals surface area contributed by atoms with Crippen LogP contribution in [-0.4, -0.2) is 37.6 Å². The molecular formula is C15H18F3N3O4S. The van der Waals surface area contributed by atoms with E-state index >= 15 is 0 Å². The van der Waals surface area contributed by atoms with E-state index in [-0.39, 0.29) is 29.1 Å². The molecule has 1 N–H and O–H groups in total. The van der Waals surface area contributed by atoms with Crippen LogP contribution in [0.1, 0.15) is 19.4 Å². The number of rotatable bonds is 7. The van der Waals surface area contributed by atoms with E-state index in [1.54, 1.807) is 0 Å². The Morgan fingerprint density at radius 1 is 1.19 bits per heavy atom. The normalized spacial score (nSPS) is 13.8. The number of nitrogens with one attached hydrogen (secondary N) is 1. The van der Waals surface area contributed by atoms with Gasteiger partial charge in [-0.05, 0) is 30.2 Å². The lowest BCUT2D eigenvalue weighted by Crippen LogP contribution is -2.31. The smallest absolute Gasteiger partial charge is 0.403 e. The van der Waals surface area contributed by atoms with Crippen molar-refractivity contribution >= 4 is 16.0 Å². The monoisotopic (exact) mass is 393 g/mol. The molecule has 1 unspecified atom stereocenters. The molecule has 0 bridgehead atoms. The summed E-state index contributed by atoms with van der Waals surface area (Å²) in [5.74, 6) is -0.440. The number of hydrogen-bond acceptors (Lipinski definition) is 6. The molecule has 144 valence electrons. The van der Waals surface area contributed by atoms with Crippen molar-refractivity contribution in [1.29, 1.82) is 0 Å².